The number of morpholine rings is 1. The number of methoxy groups -OCH3 is 1. The summed E-state index contributed by atoms with van der Waals surface area (Å²) < 4.78 is 37.8. The molecule has 0 unspecified atom stereocenters. The zero-order valence-corrected chi connectivity index (χ0v) is 16.6. The lowest BCUT2D eigenvalue weighted by Gasteiger charge is -2.31. The Morgan fingerprint density at radius 3 is 2.52 bits per heavy atom. The summed E-state index contributed by atoms with van der Waals surface area (Å²) in [6, 6.07) is 13.3. The highest BCUT2D eigenvalue weighted by molar-refractivity contribution is 7.91. The first kappa shape index (κ1) is 19.2. The number of benzene rings is 2. The van der Waals surface area contributed by atoms with E-state index in [9.17, 15) is 8.42 Å². The van der Waals surface area contributed by atoms with E-state index >= 15 is 0 Å². The molecule has 0 radical (unpaired) electrons. The van der Waals surface area contributed by atoms with Crippen molar-refractivity contribution in [3.05, 3.63) is 54.2 Å². The van der Waals surface area contributed by atoms with Gasteiger partial charge in [-0.05, 0) is 42.5 Å². The van der Waals surface area contributed by atoms with E-state index in [-0.39, 0.29) is 9.79 Å². The van der Waals surface area contributed by atoms with Crippen molar-refractivity contribution in [3.63, 3.8) is 0 Å². The molecule has 0 spiro atoms. The second-order valence-corrected chi connectivity index (χ2v) is 8.51. The Balaban J connectivity index is 1.96. The highest BCUT2D eigenvalue weighted by Gasteiger charge is 2.28. The molecule has 0 N–H and O–H groups in total. The molecule has 0 saturated carbocycles. The zero-order valence-electron chi connectivity index (χ0n) is 15.8. The molecule has 0 aliphatic carbocycles. The van der Waals surface area contributed by atoms with Gasteiger partial charge in [0.15, 0.2) is 0 Å². The SMILES string of the molecule is COc1ccc2ncc(S(=O)(=O)c3ccc(C#N)cc3)c(N3CCOCC3)c2c1. The zero-order chi connectivity index (χ0) is 20.4. The van der Waals surface area contributed by atoms with Crippen LogP contribution in [-0.4, -0.2) is 46.8 Å². The Morgan fingerprint density at radius 2 is 1.86 bits per heavy atom. The number of ether oxygens (including phenoxy) is 2. The Morgan fingerprint density at radius 1 is 1.14 bits per heavy atom. The average molecular weight is 409 g/mol. The maximum Gasteiger partial charge on any atom is 0.210 e. The Hall–Kier alpha value is -3.15. The number of fused-ring (bicyclic) bond motifs is 1. The fourth-order valence-corrected chi connectivity index (χ4v) is 4.85. The van der Waals surface area contributed by atoms with E-state index in [1.54, 1.807) is 13.2 Å². The van der Waals surface area contributed by atoms with Gasteiger partial charge in [0.05, 0.1) is 48.1 Å². The van der Waals surface area contributed by atoms with E-state index in [1.165, 1.54) is 30.5 Å². The van der Waals surface area contributed by atoms with Crippen LogP contribution in [-0.2, 0) is 14.6 Å². The summed E-state index contributed by atoms with van der Waals surface area (Å²) in [5.74, 6) is 0.627. The molecule has 1 aliphatic heterocycles. The van der Waals surface area contributed by atoms with Crippen LogP contribution < -0.4 is 9.64 Å². The van der Waals surface area contributed by atoms with Gasteiger partial charge < -0.3 is 14.4 Å². The lowest BCUT2D eigenvalue weighted by molar-refractivity contribution is 0.122. The van der Waals surface area contributed by atoms with Gasteiger partial charge >= 0.3 is 0 Å². The summed E-state index contributed by atoms with van der Waals surface area (Å²) in [5, 5.41) is 9.70. The van der Waals surface area contributed by atoms with Gasteiger partial charge in [0, 0.05) is 24.7 Å². The van der Waals surface area contributed by atoms with E-state index in [1.807, 2.05) is 23.1 Å². The van der Waals surface area contributed by atoms with Gasteiger partial charge in [0.1, 0.15) is 10.6 Å². The van der Waals surface area contributed by atoms with Crippen molar-refractivity contribution in [1.82, 2.24) is 4.98 Å². The molecule has 2 heterocycles. The molecule has 148 valence electrons. The predicted octanol–water partition coefficient (Wildman–Crippen LogP) is 2.78. The van der Waals surface area contributed by atoms with Crippen molar-refractivity contribution in [2.45, 2.75) is 9.79 Å². The molecule has 0 bridgehead atoms. The Bertz CT molecular complexity index is 1200. The highest BCUT2D eigenvalue weighted by atomic mass is 32.2. The van der Waals surface area contributed by atoms with Crippen LogP contribution in [0.25, 0.3) is 10.9 Å². The minimum Gasteiger partial charge on any atom is -0.497 e. The summed E-state index contributed by atoms with van der Waals surface area (Å²) in [7, 11) is -2.28. The molecular formula is C21H19N3O4S. The van der Waals surface area contributed by atoms with Crippen LogP contribution in [0.3, 0.4) is 0 Å². The van der Waals surface area contributed by atoms with Crippen molar-refractivity contribution >= 4 is 26.4 Å². The number of sulfone groups is 1. The highest BCUT2D eigenvalue weighted by Crippen LogP contribution is 2.37. The monoisotopic (exact) mass is 409 g/mol. The van der Waals surface area contributed by atoms with Gasteiger partial charge in [-0.3, -0.25) is 4.98 Å². The van der Waals surface area contributed by atoms with Gasteiger partial charge in [-0.15, -0.1) is 0 Å². The lowest BCUT2D eigenvalue weighted by Crippen LogP contribution is -2.37. The van der Waals surface area contributed by atoms with E-state index in [0.717, 1.165) is 0 Å². The summed E-state index contributed by atoms with van der Waals surface area (Å²) >= 11 is 0. The summed E-state index contributed by atoms with van der Waals surface area (Å²) in [6.07, 6.45) is 1.41. The second kappa shape index (κ2) is 7.70. The topological polar surface area (TPSA) is 92.5 Å². The molecular weight excluding hydrogens is 390 g/mol. The fourth-order valence-electron chi connectivity index (χ4n) is 3.41. The van der Waals surface area contributed by atoms with E-state index in [0.29, 0.717) is 54.2 Å². The average Bonchev–Trinajstić information content (AvgIpc) is 2.78. The number of pyridine rings is 1. The second-order valence-electron chi connectivity index (χ2n) is 6.59. The minimum atomic E-state index is -3.85. The van der Waals surface area contributed by atoms with Crippen LogP contribution in [0, 0.1) is 11.3 Å². The maximum absolute atomic E-state index is 13.5. The largest absolute Gasteiger partial charge is 0.497 e. The molecule has 4 rings (SSSR count). The lowest BCUT2D eigenvalue weighted by atomic mass is 10.1. The van der Waals surface area contributed by atoms with Gasteiger partial charge in [-0.2, -0.15) is 5.26 Å². The third-order valence-electron chi connectivity index (χ3n) is 4.92. The number of anilines is 1. The molecule has 1 aromatic heterocycles. The minimum absolute atomic E-state index is 0.120. The molecule has 1 aliphatic rings. The molecule has 7 nitrogen and oxygen atoms in total. The van der Waals surface area contributed by atoms with Crippen LogP contribution in [0.2, 0.25) is 0 Å². The van der Waals surface area contributed by atoms with Gasteiger partial charge in [0.25, 0.3) is 0 Å². The fraction of sp³-hybridized carbons (Fsp3) is 0.238. The van der Waals surface area contributed by atoms with E-state index in [2.05, 4.69) is 4.98 Å². The van der Waals surface area contributed by atoms with Crippen LogP contribution in [0.15, 0.2) is 58.5 Å². The maximum atomic E-state index is 13.5. The van der Waals surface area contributed by atoms with E-state index < -0.39 is 9.84 Å². The van der Waals surface area contributed by atoms with Gasteiger partial charge in [-0.1, -0.05) is 0 Å². The third kappa shape index (κ3) is 3.50. The molecule has 1 saturated heterocycles. The number of rotatable bonds is 4. The first-order chi connectivity index (χ1) is 14.0. The number of hydrogen-bond donors (Lipinski definition) is 0. The molecule has 0 atom stereocenters. The van der Waals surface area contributed by atoms with Crippen LogP contribution in [0.4, 0.5) is 5.69 Å². The predicted molar refractivity (Wildman–Crippen MR) is 108 cm³/mol. The van der Waals surface area contributed by atoms with Crippen LogP contribution in [0.1, 0.15) is 5.56 Å². The van der Waals surface area contributed by atoms with E-state index in [4.69, 9.17) is 14.7 Å². The van der Waals surface area contributed by atoms with Crippen molar-refractivity contribution in [2.24, 2.45) is 0 Å². The number of aromatic nitrogens is 1. The van der Waals surface area contributed by atoms with Crippen molar-refractivity contribution < 1.29 is 17.9 Å². The first-order valence-corrected chi connectivity index (χ1v) is 10.6. The van der Waals surface area contributed by atoms with Gasteiger partial charge in [-0.25, -0.2) is 8.42 Å². The molecule has 1 fully saturated rings. The van der Waals surface area contributed by atoms with Crippen molar-refractivity contribution in [3.8, 4) is 11.8 Å². The van der Waals surface area contributed by atoms with Crippen molar-refractivity contribution in [2.75, 3.05) is 38.3 Å². The Kier molecular flexibility index (Phi) is 5.09. The molecule has 2 aromatic carbocycles. The smallest absolute Gasteiger partial charge is 0.210 e. The Labute approximate surface area is 169 Å². The third-order valence-corrected chi connectivity index (χ3v) is 6.69. The quantitative estimate of drug-likeness (QED) is 0.654. The molecule has 8 heteroatoms. The van der Waals surface area contributed by atoms with Crippen molar-refractivity contribution in [1.29, 1.82) is 5.26 Å². The molecule has 0 amide bonds. The van der Waals surface area contributed by atoms with Crippen LogP contribution in [0.5, 0.6) is 5.75 Å². The normalized spacial score (nSPS) is 14.6. The number of nitriles is 1. The van der Waals surface area contributed by atoms with Crippen LogP contribution >= 0.6 is 0 Å². The van der Waals surface area contributed by atoms with Gasteiger partial charge in [0.2, 0.25) is 9.84 Å². The molecule has 3 aromatic rings. The first-order valence-electron chi connectivity index (χ1n) is 9.09. The standard InChI is InChI=1S/C21H19N3O4S/c1-27-16-4-7-19-18(12-16)21(24-8-10-28-11-9-24)20(14-23-19)29(25,26)17-5-2-15(13-22)3-6-17/h2-7,12,14H,8-11H2,1H3. The molecule has 29 heavy (non-hydrogen) atoms. The summed E-state index contributed by atoms with van der Waals surface area (Å²) in [4.78, 5) is 6.66. The number of nitrogens with zero attached hydrogens (tertiary/aromatic N) is 3. The number of hydrogen-bond acceptors (Lipinski definition) is 7. The summed E-state index contributed by atoms with van der Waals surface area (Å²) in [6.45, 7) is 2.19. The summed E-state index contributed by atoms with van der Waals surface area (Å²) in [5.41, 5.74) is 1.69.